The van der Waals surface area contributed by atoms with Crippen LogP contribution in [0.1, 0.15) is 36.3 Å². The van der Waals surface area contributed by atoms with Crippen LogP contribution in [0.5, 0.6) is 11.5 Å². The van der Waals surface area contributed by atoms with E-state index >= 15 is 0 Å². The molecule has 0 saturated heterocycles. The smallest absolute Gasteiger partial charge is 0.247 e. The van der Waals surface area contributed by atoms with E-state index in [0.29, 0.717) is 51.5 Å². The SMILES string of the molecule is C=CC(=O)Nc1ccc(F)cc1C1=NCC2=C1CCC(c1c(Cl)c(OC)cc(OC)c1Cl)C2. The van der Waals surface area contributed by atoms with Gasteiger partial charge in [0.2, 0.25) is 5.91 Å². The molecule has 1 N–H and O–H groups in total. The van der Waals surface area contributed by atoms with Gasteiger partial charge in [0.1, 0.15) is 17.3 Å². The van der Waals surface area contributed by atoms with Crippen molar-refractivity contribution in [1.29, 1.82) is 0 Å². The van der Waals surface area contributed by atoms with E-state index in [4.69, 9.17) is 37.7 Å². The van der Waals surface area contributed by atoms with Gasteiger partial charge in [0.25, 0.3) is 0 Å². The van der Waals surface area contributed by atoms with Crippen LogP contribution in [0.15, 0.2) is 53.1 Å². The van der Waals surface area contributed by atoms with Crippen LogP contribution in [0.2, 0.25) is 10.0 Å². The molecule has 2 aromatic rings. The number of hydrogen-bond acceptors (Lipinski definition) is 4. The van der Waals surface area contributed by atoms with Crippen LogP contribution in [0, 0.1) is 5.82 Å². The van der Waals surface area contributed by atoms with E-state index in [1.54, 1.807) is 26.4 Å². The normalized spacial score (nSPS) is 17.4. The van der Waals surface area contributed by atoms with Gasteiger partial charge >= 0.3 is 0 Å². The second-order valence-corrected chi connectivity index (χ2v) is 8.65. The predicted molar refractivity (Wildman–Crippen MR) is 130 cm³/mol. The third-order valence-corrected chi connectivity index (χ3v) is 6.85. The number of allylic oxidation sites excluding steroid dienone is 1. The summed E-state index contributed by atoms with van der Waals surface area (Å²) < 4.78 is 24.9. The Bertz CT molecular complexity index is 1180. The summed E-state index contributed by atoms with van der Waals surface area (Å²) in [5.74, 6) is 0.330. The molecule has 0 fully saturated rings. The molecule has 2 aromatic carbocycles. The Morgan fingerprint density at radius 3 is 2.55 bits per heavy atom. The van der Waals surface area contributed by atoms with Crippen LogP contribution in [-0.4, -0.2) is 32.4 Å². The number of rotatable bonds is 6. The molecule has 0 radical (unpaired) electrons. The molecule has 8 heteroatoms. The third-order valence-electron chi connectivity index (χ3n) is 6.07. The maximum Gasteiger partial charge on any atom is 0.247 e. The van der Waals surface area contributed by atoms with Gasteiger partial charge in [-0.15, -0.1) is 0 Å². The first-order valence-corrected chi connectivity index (χ1v) is 11.2. The highest BCUT2D eigenvalue weighted by Crippen LogP contribution is 2.49. The maximum atomic E-state index is 14.1. The number of amides is 1. The average Bonchev–Trinajstić information content (AvgIpc) is 3.23. The number of carbonyl (C=O) groups is 1. The van der Waals surface area contributed by atoms with Gasteiger partial charge in [-0.2, -0.15) is 0 Å². The van der Waals surface area contributed by atoms with Gasteiger partial charge in [-0.3, -0.25) is 9.79 Å². The zero-order valence-electron chi connectivity index (χ0n) is 18.3. The highest BCUT2D eigenvalue weighted by Gasteiger charge is 2.33. The number of halogens is 3. The van der Waals surface area contributed by atoms with Crippen molar-refractivity contribution in [3.05, 3.63) is 75.1 Å². The van der Waals surface area contributed by atoms with E-state index in [2.05, 4.69) is 11.9 Å². The van der Waals surface area contributed by atoms with E-state index in [-0.39, 0.29) is 11.8 Å². The highest BCUT2D eigenvalue weighted by atomic mass is 35.5. The van der Waals surface area contributed by atoms with E-state index < -0.39 is 5.82 Å². The summed E-state index contributed by atoms with van der Waals surface area (Å²) in [7, 11) is 3.11. The van der Waals surface area contributed by atoms with E-state index in [9.17, 15) is 9.18 Å². The summed E-state index contributed by atoms with van der Waals surface area (Å²) in [6.07, 6.45) is 3.38. The Morgan fingerprint density at radius 2 is 1.91 bits per heavy atom. The van der Waals surface area contributed by atoms with Crippen LogP contribution in [0.3, 0.4) is 0 Å². The van der Waals surface area contributed by atoms with Crippen LogP contribution in [0.25, 0.3) is 0 Å². The van der Waals surface area contributed by atoms with Crippen molar-refractivity contribution in [1.82, 2.24) is 0 Å². The van der Waals surface area contributed by atoms with Crippen molar-refractivity contribution in [2.45, 2.75) is 25.2 Å². The van der Waals surface area contributed by atoms with Gasteiger partial charge < -0.3 is 14.8 Å². The molecule has 1 aliphatic carbocycles. The first-order chi connectivity index (χ1) is 15.9. The van der Waals surface area contributed by atoms with Gasteiger partial charge in [0.15, 0.2) is 0 Å². The van der Waals surface area contributed by atoms with Gasteiger partial charge in [-0.1, -0.05) is 29.8 Å². The molecule has 33 heavy (non-hydrogen) atoms. The van der Waals surface area contributed by atoms with Crippen LogP contribution in [0.4, 0.5) is 10.1 Å². The lowest BCUT2D eigenvalue weighted by atomic mass is 9.78. The van der Waals surface area contributed by atoms with E-state index in [1.165, 1.54) is 18.2 Å². The lowest BCUT2D eigenvalue weighted by molar-refractivity contribution is -0.111. The summed E-state index contributed by atoms with van der Waals surface area (Å²) in [5, 5.41) is 3.71. The largest absolute Gasteiger partial charge is 0.495 e. The molecule has 4 rings (SSSR count). The Labute approximate surface area is 201 Å². The van der Waals surface area contributed by atoms with Crippen LogP contribution >= 0.6 is 23.2 Å². The standard InChI is InChI=1S/C25H23Cl2FN2O3/c1-4-21(31)30-18-8-6-15(28)10-17(18)25-16-7-5-13(9-14(16)12-29-25)22-23(26)19(32-2)11-20(33-3)24(22)27/h4,6,8,10-11,13H,1,5,7,9,12H2,2-3H3,(H,30,31). The van der Waals surface area contributed by atoms with Crippen molar-refractivity contribution >= 4 is 40.5 Å². The quantitative estimate of drug-likeness (QED) is 0.482. The van der Waals surface area contributed by atoms with Gasteiger partial charge in [-0.25, -0.2) is 4.39 Å². The number of aliphatic imine (C=N–C) groups is 1. The highest BCUT2D eigenvalue weighted by molar-refractivity contribution is 6.38. The van der Waals surface area contributed by atoms with Crippen molar-refractivity contribution in [3.8, 4) is 11.5 Å². The minimum atomic E-state index is -0.394. The fourth-order valence-electron chi connectivity index (χ4n) is 4.50. The van der Waals surface area contributed by atoms with Crippen molar-refractivity contribution in [2.24, 2.45) is 4.99 Å². The lowest BCUT2D eigenvalue weighted by Crippen LogP contribution is -2.16. The minimum absolute atomic E-state index is 0.0646. The molecule has 0 bridgehead atoms. The van der Waals surface area contributed by atoms with Crippen molar-refractivity contribution < 1.29 is 18.7 Å². The molecule has 0 aromatic heterocycles. The fraction of sp³-hybridized carbons (Fsp3) is 0.280. The molecule has 0 spiro atoms. The number of carbonyl (C=O) groups excluding carboxylic acids is 1. The molecule has 2 aliphatic rings. The summed E-state index contributed by atoms with van der Waals surface area (Å²) in [4.78, 5) is 16.6. The number of ether oxygens (including phenoxy) is 2. The van der Waals surface area contributed by atoms with E-state index in [1.807, 2.05) is 0 Å². The Balaban J connectivity index is 1.68. The zero-order chi connectivity index (χ0) is 23.7. The Morgan fingerprint density at radius 1 is 1.21 bits per heavy atom. The van der Waals surface area contributed by atoms with Gasteiger partial charge in [-0.05, 0) is 60.6 Å². The van der Waals surface area contributed by atoms with E-state index in [0.717, 1.165) is 29.6 Å². The fourth-order valence-corrected chi connectivity index (χ4v) is 5.31. The second kappa shape index (κ2) is 9.57. The summed E-state index contributed by atoms with van der Waals surface area (Å²) in [6.45, 7) is 3.98. The Hall–Kier alpha value is -2.83. The zero-order valence-corrected chi connectivity index (χ0v) is 19.8. The molecule has 1 amide bonds. The molecule has 5 nitrogen and oxygen atoms in total. The molecule has 1 heterocycles. The van der Waals surface area contributed by atoms with Crippen molar-refractivity contribution in [2.75, 3.05) is 26.1 Å². The molecular formula is C25H23Cl2FN2O3. The minimum Gasteiger partial charge on any atom is -0.495 e. The number of anilines is 1. The molecule has 1 atom stereocenters. The predicted octanol–water partition coefficient (Wildman–Crippen LogP) is 6.34. The molecule has 0 saturated carbocycles. The maximum absolute atomic E-state index is 14.1. The second-order valence-electron chi connectivity index (χ2n) is 7.89. The van der Waals surface area contributed by atoms with Crippen LogP contribution in [-0.2, 0) is 4.79 Å². The first-order valence-electron chi connectivity index (χ1n) is 10.5. The van der Waals surface area contributed by atoms with Crippen LogP contribution < -0.4 is 14.8 Å². The lowest BCUT2D eigenvalue weighted by Gasteiger charge is -2.27. The van der Waals surface area contributed by atoms with Crippen molar-refractivity contribution in [3.63, 3.8) is 0 Å². The number of hydrogen-bond donors (Lipinski definition) is 1. The molecule has 172 valence electrons. The molecular weight excluding hydrogens is 466 g/mol. The van der Waals surface area contributed by atoms with Gasteiger partial charge in [0.05, 0.1) is 42.2 Å². The molecule has 1 aliphatic heterocycles. The number of nitrogens with one attached hydrogen (secondary N) is 1. The molecule has 1 unspecified atom stereocenters. The third kappa shape index (κ3) is 4.37. The number of benzene rings is 2. The topological polar surface area (TPSA) is 59.9 Å². The first kappa shape index (κ1) is 23.3. The summed E-state index contributed by atoms with van der Waals surface area (Å²) in [5.41, 5.74) is 4.81. The summed E-state index contributed by atoms with van der Waals surface area (Å²) >= 11 is 13.3. The number of nitrogens with zero attached hydrogens (tertiary/aromatic N) is 1. The van der Waals surface area contributed by atoms with Gasteiger partial charge in [0, 0.05) is 17.2 Å². The number of methoxy groups -OCH3 is 2. The average molecular weight is 489 g/mol. The monoisotopic (exact) mass is 488 g/mol. The summed E-state index contributed by atoms with van der Waals surface area (Å²) in [6, 6.07) is 5.94. The Kier molecular flexibility index (Phi) is 6.77.